The van der Waals surface area contributed by atoms with Gasteiger partial charge in [-0.05, 0) is 116 Å². The van der Waals surface area contributed by atoms with Crippen molar-refractivity contribution < 1.29 is 9.53 Å². The molecule has 39 heavy (non-hydrogen) atoms. The molecule has 0 saturated carbocycles. The van der Waals surface area contributed by atoms with Gasteiger partial charge in [-0.2, -0.15) is 0 Å². The van der Waals surface area contributed by atoms with Crippen molar-refractivity contribution in [2.24, 2.45) is 4.99 Å². The summed E-state index contributed by atoms with van der Waals surface area (Å²) in [5.41, 5.74) is 6.81. The van der Waals surface area contributed by atoms with Gasteiger partial charge in [-0.15, -0.1) is 0 Å². The fourth-order valence-electron chi connectivity index (χ4n) is 4.99. The molecular formula is C30H27ClIN3O3S. The molecule has 2 aromatic heterocycles. The van der Waals surface area contributed by atoms with Crippen molar-refractivity contribution in [2.45, 2.75) is 40.7 Å². The number of hydrogen-bond acceptors (Lipinski definition) is 5. The first-order chi connectivity index (χ1) is 18.6. The maximum atomic E-state index is 13.9. The first kappa shape index (κ1) is 27.6. The van der Waals surface area contributed by atoms with Crippen LogP contribution in [0.2, 0.25) is 5.02 Å². The van der Waals surface area contributed by atoms with Crippen LogP contribution in [-0.2, 0) is 9.53 Å². The molecule has 6 nitrogen and oxygen atoms in total. The Morgan fingerprint density at radius 2 is 1.85 bits per heavy atom. The van der Waals surface area contributed by atoms with E-state index < -0.39 is 12.0 Å². The Morgan fingerprint density at radius 1 is 1.13 bits per heavy atom. The van der Waals surface area contributed by atoms with Crippen molar-refractivity contribution in [1.82, 2.24) is 9.13 Å². The maximum absolute atomic E-state index is 13.9. The highest BCUT2D eigenvalue weighted by atomic mass is 127. The van der Waals surface area contributed by atoms with Gasteiger partial charge in [0.15, 0.2) is 4.80 Å². The molecule has 0 spiro atoms. The van der Waals surface area contributed by atoms with Crippen LogP contribution in [0.3, 0.4) is 0 Å². The molecule has 3 heterocycles. The Hall–Kier alpha value is -2.95. The molecule has 0 fully saturated rings. The molecule has 0 bridgehead atoms. The average Bonchev–Trinajstić information content (AvgIpc) is 3.35. The van der Waals surface area contributed by atoms with Gasteiger partial charge in [-0.25, -0.2) is 9.79 Å². The number of carbonyl (C=O) groups excluding carboxylic acids is 1. The van der Waals surface area contributed by atoms with Crippen molar-refractivity contribution in [2.75, 3.05) is 6.61 Å². The zero-order chi connectivity index (χ0) is 28.0. The molecule has 0 unspecified atom stereocenters. The van der Waals surface area contributed by atoms with E-state index in [0.717, 1.165) is 28.2 Å². The summed E-state index contributed by atoms with van der Waals surface area (Å²) in [5.74, 6) is -0.482. The number of benzene rings is 2. The van der Waals surface area contributed by atoms with E-state index in [9.17, 15) is 9.59 Å². The van der Waals surface area contributed by atoms with E-state index in [4.69, 9.17) is 16.3 Å². The molecule has 2 aromatic carbocycles. The van der Waals surface area contributed by atoms with Gasteiger partial charge in [0, 0.05) is 25.7 Å². The zero-order valence-electron chi connectivity index (χ0n) is 22.2. The lowest BCUT2D eigenvalue weighted by Crippen LogP contribution is -2.39. The van der Waals surface area contributed by atoms with Gasteiger partial charge in [0.25, 0.3) is 5.56 Å². The number of nitrogens with zero attached hydrogens (tertiary/aromatic N) is 3. The number of allylic oxidation sites excluding steroid dienone is 1. The van der Waals surface area contributed by atoms with E-state index in [0.29, 0.717) is 25.6 Å². The van der Waals surface area contributed by atoms with Crippen LogP contribution in [0.1, 0.15) is 48.0 Å². The number of ether oxygens (including phenoxy) is 1. The molecule has 0 aliphatic carbocycles. The van der Waals surface area contributed by atoms with E-state index in [1.165, 1.54) is 20.5 Å². The first-order valence-electron chi connectivity index (χ1n) is 12.5. The van der Waals surface area contributed by atoms with Gasteiger partial charge in [0.2, 0.25) is 0 Å². The molecule has 0 saturated heterocycles. The van der Waals surface area contributed by atoms with Crippen LogP contribution in [0, 0.1) is 24.3 Å². The standard InChI is InChI=1S/C30H27ClIN3O3S/c1-6-38-29(37)26-18(4)33-30-35(27(26)20-7-9-22(31)10-8-20)28(36)25(39-30)15-21-14-17(3)34(19(21)5)23-11-12-24(32)16(2)13-23/h7-15,27H,6H2,1-5H3/b25-15+/t27-/m0/s1. The first-order valence-corrected chi connectivity index (χ1v) is 14.8. The van der Waals surface area contributed by atoms with Crippen molar-refractivity contribution >= 4 is 57.6 Å². The number of hydrogen-bond donors (Lipinski definition) is 0. The maximum Gasteiger partial charge on any atom is 0.338 e. The molecule has 4 aromatic rings. The molecule has 1 atom stereocenters. The third kappa shape index (κ3) is 5.05. The summed E-state index contributed by atoms with van der Waals surface area (Å²) in [6.07, 6.45) is 1.92. The lowest BCUT2D eigenvalue weighted by atomic mass is 9.96. The highest BCUT2D eigenvalue weighted by Crippen LogP contribution is 2.31. The Labute approximate surface area is 249 Å². The molecule has 1 aliphatic rings. The van der Waals surface area contributed by atoms with Crippen LogP contribution in [-0.4, -0.2) is 21.7 Å². The van der Waals surface area contributed by atoms with Gasteiger partial charge in [-0.1, -0.05) is 35.1 Å². The van der Waals surface area contributed by atoms with E-state index >= 15 is 0 Å². The fraction of sp³-hybridized carbons (Fsp3) is 0.233. The minimum atomic E-state index is -0.665. The summed E-state index contributed by atoms with van der Waals surface area (Å²) in [7, 11) is 0. The van der Waals surface area contributed by atoms with Crippen LogP contribution in [0.25, 0.3) is 11.8 Å². The second-order valence-electron chi connectivity index (χ2n) is 9.45. The van der Waals surface area contributed by atoms with Crippen LogP contribution < -0.4 is 14.9 Å². The van der Waals surface area contributed by atoms with Gasteiger partial charge < -0.3 is 9.30 Å². The van der Waals surface area contributed by atoms with Crippen molar-refractivity contribution in [3.63, 3.8) is 0 Å². The van der Waals surface area contributed by atoms with Gasteiger partial charge in [0.1, 0.15) is 0 Å². The topological polar surface area (TPSA) is 65.6 Å². The van der Waals surface area contributed by atoms with Crippen LogP contribution in [0.5, 0.6) is 0 Å². The Morgan fingerprint density at radius 3 is 2.51 bits per heavy atom. The number of aromatic nitrogens is 2. The van der Waals surface area contributed by atoms with Crippen molar-refractivity contribution in [1.29, 1.82) is 0 Å². The largest absolute Gasteiger partial charge is 0.463 e. The minimum Gasteiger partial charge on any atom is -0.463 e. The third-order valence-electron chi connectivity index (χ3n) is 6.86. The summed E-state index contributed by atoms with van der Waals surface area (Å²) >= 11 is 9.81. The molecule has 0 amide bonds. The summed E-state index contributed by atoms with van der Waals surface area (Å²) in [6.45, 7) is 9.99. The summed E-state index contributed by atoms with van der Waals surface area (Å²) in [5, 5.41) is 0.572. The van der Waals surface area contributed by atoms with Crippen molar-refractivity contribution in [3.8, 4) is 5.69 Å². The third-order valence-corrected chi connectivity index (χ3v) is 9.30. The van der Waals surface area contributed by atoms with Crippen LogP contribution in [0.15, 0.2) is 69.6 Å². The summed E-state index contributed by atoms with van der Waals surface area (Å²) in [6, 6.07) is 15.0. The van der Waals surface area contributed by atoms with Gasteiger partial charge >= 0.3 is 5.97 Å². The Bertz CT molecular complexity index is 1830. The predicted octanol–water partition coefficient (Wildman–Crippen LogP) is 5.77. The van der Waals surface area contributed by atoms with Crippen LogP contribution in [0.4, 0.5) is 0 Å². The highest BCUT2D eigenvalue weighted by molar-refractivity contribution is 14.1. The SMILES string of the molecule is CCOC(=O)C1=C(C)N=c2s/c(=C/c3cc(C)n(-c4ccc(I)c(C)c4)c3C)c(=O)n2[C@H]1c1ccc(Cl)cc1. The lowest BCUT2D eigenvalue weighted by molar-refractivity contribution is -0.139. The molecule has 9 heteroatoms. The van der Waals surface area contributed by atoms with Gasteiger partial charge in [0.05, 0.1) is 28.5 Å². The fourth-order valence-corrected chi connectivity index (χ4v) is 6.49. The zero-order valence-corrected chi connectivity index (χ0v) is 25.9. The number of thiazole rings is 1. The number of halogens is 2. The number of rotatable bonds is 5. The molecule has 0 N–H and O–H groups in total. The van der Waals surface area contributed by atoms with E-state index in [-0.39, 0.29) is 12.2 Å². The average molecular weight is 672 g/mol. The van der Waals surface area contributed by atoms with Gasteiger partial charge in [-0.3, -0.25) is 9.36 Å². The van der Waals surface area contributed by atoms with Crippen molar-refractivity contribution in [3.05, 3.63) is 116 Å². The van der Waals surface area contributed by atoms with Crippen LogP contribution >= 0.6 is 45.5 Å². The van der Waals surface area contributed by atoms with E-state index in [2.05, 4.69) is 77.2 Å². The lowest BCUT2D eigenvalue weighted by Gasteiger charge is -2.24. The minimum absolute atomic E-state index is 0.206. The second kappa shape index (κ2) is 10.9. The summed E-state index contributed by atoms with van der Waals surface area (Å²) < 4.78 is 10.9. The number of esters is 1. The number of carbonyl (C=O) groups is 1. The molecule has 5 rings (SSSR count). The monoisotopic (exact) mass is 671 g/mol. The number of aryl methyl sites for hydroxylation is 2. The Balaban J connectivity index is 1.68. The highest BCUT2D eigenvalue weighted by Gasteiger charge is 2.33. The van der Waals surface area contributed by atoms with E-state index in [1.54, 1.807) is 30.5 Å². The molecule has 0 radical (unpaired) electrons. The quantitative estimate of drug-likeness (QED) is 0.200. The normalized spacial score (nSPS) is 15.4. The predicted molar refractivity (Wildman–Crippen MR) is 165 cm³/mol. The van der Waals surface area contributed by atoms with E-state index in [1.807, 2.05) is 18.2 Å². The number of fused-ring (bicyclic) bond motifs is 1. The molecule has 1 aliphatic heterocycles. The Kier molecular flexibility index (Phi) is 7.72. The molecule has 200 valence electrons. The molecular weight excluding hydrogens is 645 g/mol. The smallest absolute Gasteiger partial charge is 0.338 e. The second-order valence-corrected chi connectivity index (χ2v) is 12.1. The summed E-state index contributed by atoms with van der Waals surface area (Å²) in [4.78, 5) is 32.2.